The average molecular weight is 415 g/mol. The van der Waals surface area contributed by atoms with E-state index in [1.165, 1.54) is 5.56 Å². The topological polar surface area (TPSA) is 109 Å². The number of pyridine rings is 1. The van der Waals surface area contributed by atoms with E-state index in [0.29, 0.717) is 18.8 Å². The summed E-state index contributed by atoms with van der Waals surface area (Å²) in [4.78, 5) is 27.5. The van der Waals surface area contributed by atoms with Crippen molar-refractivity contribution in [3.63, 3.8) is 0 Å². The maximum Gasteiger partial charge on any atom is 0.225 e. The molecule has 0 spiro atoms. The largest absolute Gasteiger partial charge is 0.387 e. The quantitative estimate of drug-likeness (QED) is 0.432. The molecule has 1 aliphatic rings. The van der Waals surface area contributed by atoms with E-state index in [-0.39, 0.29) is 18.0 Å². The van der Waals surface area contributed by atoms with Gasteiger partial charge in [0, 0.05) is 55.8 Å². The van der Waals surface area contributed by atoms with E-state index in [0.717, 1.165) is 42.1 Å². The number of carbonyl (C=O) groups excluding carboxylic acids is 1. The lowest BCUT2D eigenvalue weighted by Crippen LogP contribution is -2.21. The standard InChI is InChI=1S/C24H26N6O/c25-23(26)12-22(31)7-6-17-3-1-4-18(11-17)21-14-28-24(29-15-21)30-10-8-20(16-30)19-5-2-9-27-13-19/h1-5,9,11,13-15,20H,6-8,10,12,16H2,(H3,25,26). The molecule has 1 aliphatic heterocycles. The van der Waals surface area contributed by atoms with Gasteiger partial charge in [-0.1, -0.05) is 30.3 Å². The van der Waals surface area contributed by atoms with Gasteiger partial charge in [-0.3, -0.25) is 15.2 Å². The number of carbonyl (C=O) groups is 1. The van der Waals surface area contributed by atoms with Crippen molar-refractivity contribution in [2.75, 3.05) is 18.0 Å². The Hall–Kier alpha value is -3.61. The SMILES string of the molecule is N=C(N)CC(=O)CCc1cccc(-c2cnc(N3CCC(c4cccnc4)C3)nc2)c1. The summed E-state index contributed by atoms with van der Waals surface area (Å²) in [5.74, 6) is 1.11. The molecule has 4 rings (SSSR count). The maximum absolute atomic E-state index is 11.8. The van der Waals surface area contributed by atoms with E-state index < -0.39 is 0 Å². The van der Waals surface area contributed by atoms with Crippen LogP contribution in [0.3, 0.4) is 0 Å². The van der Waals surface area contributed by atoms with Gasteiger partial charge in [0.05, 0.1) is 12.3 Å². The summed E-state index contributed by atoms with van der Waals surface area (Å²) in [5, 5.41) is 7.23. The Morgan fingerprint density at radius 1 is 1.13 bits per heavy atom. The molecule has 3 heterocycles. The molecule has 0 saturated carbocycles. The average Bonchev–Trinajstić information content (AvgIpc) is 3.29. The van der Waals surface area contributed by atoms with E-state index >= 15 is 0 Å². The minimum Gasteiger partial charge on any atom is -0.387 e. The zero-order valence-electron chi connectivity index (χ0n) is 17.4. The number of hydrogen-bond acceptors (Lipinski definition) is 6. The number of Topliss-reactive ketones (excluding diaryl/α,β-unsaturated/α-hetero) is 1. The van der Waals surface area contributed by atoms with Gasteiger partial charge in [-0.25, -0.2) is 9.97 Å². The second-order valence-corrected chi connectivity index (χ2v) is 7.93. The van der Waals surface area contributed by atoms with Crippen molar-refractivity contribution in [1.82, 2.24) is 15.0 Å². The first kappa shape index (κ1) is 20.7. The number of aromatic nitrogens is 3. The third-order valence-corrected chi connectivity index (χ3v) is 5.61. The molecular weight excluding hydrogens is 388 g/mol. The van der Waals surface area contributed by atoms with E-state index in [9.17, 15) is 4.79 Å². The number of ketones is 1. The van der Waals surface area contributed by atoms with Crippen LogP contribution < -0.4 is 10.6 Å². The van der Waals surface area contributed by atoms with E-state index in [2.05, 4.69) is 32.0 Å². The van der Waals surface area contributed by atoms with Crippen LogP contribution in [0.1, 0.15) is 36.3 Å². The lowest BCUT2D eigenvalue weighted by molar-refractivity contribution is -0.117. The van der Waals surface area contributed by atoms with Crippen LogP contribution in [0.15, 0.2) is 61.2 Å². The molecule has 0 amide bonds. The minimum absolute atomic E-state index is 0.0132. The van der Waals surface area contributed by atoms with Gasteiger partial charge in [0.1, 0.15) is 5.78 Å². The van der Waals surface area contributed by atoms with Crippen LogP contribution >= 0.6 is 0 Å². The number of anilines is 1. The Kier molecular flexibility index (Phi) is 6.31. The van der Waals surface area contributed by atoms with Gasteiger partial charge in [-0.2, -0.15) is 0 Å². The van der Waals surface area contributed by atoms with Crippen LogP contribution in [0.2, 0.25) is 0 Å². The molecule has 1 aromatic carbocycles. The first-order chi connectivity index (χ1) is 15.1. The molecule has 1 fully saturated rings. The van der Waals surface area contributed by atoms with Crippen LogP contribution in [-0.2, 0) is 11.2 Å². The molecule has 1 atom stereocenters. The highest BCUT2D eigenvalue weighted by Crippen LogP contribution is 2.29. The van der Waals surface area contributed by atoms with Gasteiger partial charge in [-0.05, 0) is 35.6 Å². The monoisotopic (exact) mass is 414 g/mol. The fraction of sp³-hybridized carbons (Fsp3) is 0.292. The van der Waals surface area contributed by atoms with Crippen molar-refractivity contribution in [2.45, 2.75) is 31.6 Å². The van der Waals surface area contributed by atoms with E-state index in [4.69, 9.17) is 11.1 Å². The normalized spacial score (nSPS) is 15.7. The highest BCUT2D eigenvalue weighted by molar-refractivity contribution is 5.98. The second-order valence-electron chi connectivity index (χ2n) is 7.93. The Labute approximate surface area is 181 Å². The fourth-order valence-electron chi connectivity index (χ4n) is 3.96. The van der Waals surface area contributed by atoms with Crippen molar-refractivity contribution in [3.8, 4) is 11.1 Å². The molecule has 0 radical (unpaired) electrons. The first-order valence-electron chi connectivity index (χ1n) is 10.5. The molecule has 3 aromatic rings. The third kappa shape index (κ3) is 5.31. The number of nitrogens with zero attached hydrogens (tertiary/aromatic N) is 4. The molecule has 3 N–H and O–H groups in total. The summed E-state index contributed by atoms with van der Waals surface area (Å²) in [6.45, 7) is 1.83. The zero-order valence-corrected chi connectivity index (χ0v) is 17.4. The third-order valence-electron chi connectivity index (χ3n) is 5.61. The Morgan fingerprint density at radius 2 is 1.97 bits per heavy atom. The smallest absolute Gasteiger partial charge is 0.225 e. The van der Waals surface area contributed by atoms with Gasteiger partial charge in [-0.15, -0.1) is 0 Å². The number of rotatable bonds is 8. The van der Waals surface area contributed by atoms with Crippen LogP contribution in [0, 0.1) is 5.41 Å². The molecule has 31 heavy (non-hydrogen) atoms. The van der Waals surface area contributed by atoms with E-state index in [1.54, 1.807) is 6.20 Å². The Balaban J connectivity index is 1.39. The number of amidine groups is 1. The van der Waals surface area contributed by atoms with Crippen LogP contribution in [-0.4, -0.2) is 39.7 Å². The van der Waals surface area contributed by atoms with Crippen molar-refractivity contribution >= 4 is 17.6 Å². The predicted octanol–water partition coefficient (Wildman–Crippen LogP) is 3.36. The molecule has 1 saturated heterocycles. The summed E-state index contributed by atoms with van der Waals surface area (Å²) in [6, 6.07) is 12.2. The van der Waals surface area contributed by atoms with Gasteiger partial charge in [0.2, 0.25) is 5.95 Å². The lowest BCUT2D eigenvalue weighted by atomic mass is 10.0. The summed E-state index contributed by atoms with van der Waals surface area (Å²) in [6.07, 6.45) is 9.57. The van der Waals surface area contributed by atoms with Crippen LogP contribution in [0.4, 0.5) is 5.95 Å². The number of benzene rings is 1. The summed E-state index contributed by atoms with van der Waals surface area (Å²) in [7, 11) is 0. The molecule has 2 aromatic heterocycles. The molecule has 7 heteroatoms. The zero-order chi connectivity index (χ0) is 21.6. The van der Waals surface area contributed by atoms with Crippen molar-refractivity contribution < 1.29 is 4.79 Å². The number of nitrogens with two attached hydrogens (primary N) is 1. The van der Waals surface area contributed by atoms with E-state index in [1.807, 2.05) is 42.9 Å². The Bertz CT molecular complexity index is 1050. The summed E-state index contributed by atoms with van der Waals surface area (Å²) >= 11 is 0. The molecule has 1 unspecified atom stereocenters. The van der Waals surface area contributed by atoms with Crippen molar-refractivity contribution in [2.24, 2.45) is 5.73 Å². The van der Waals surface area contributed by atoms with Crippen molar-refractivity contribution in [3.05, 3.63) is 72.3 Å². The number of nitrogens with one attached hydrogen (secondary N) is 1. The molecular formula is C24H26N6O. The molecule has 0 bridgehead atoms. The van der Waals surface area contributed by atoms with Gasteiger partial charge < -0.3 is 10.6 Å². The van der Waals surface area contributed by atoms with Gasteiger partial charge >= 0.3 is 0 Å². The number of aryl methyl sites for hydroxylation is 1. The lowest BCUT2D eigenvalue weighted by Gasteiger charge is -2.16. The first-order valence-corrected chi connectivity index (χ1v) is 10.5. The van der Waals surface area contributed by atoms with Gasteiger partial charge in [0.25, 0.3) is 0 Å². The summed E-state index contributed by atoms with van der Waals surface area (Å²) < 4.78 is 0. The summed E-state index contributed by atoms with van der Waals surface area (Å²) in [5.41, 5.74) is 9.60. The second kappa shape index (κ2) is 9.47. The molecule has 0 aliphatic carbocycles. The fourth-order valence-corrected chi connectivity index (χ4v) is 3.96. The Morgan fingerprint density at radius 3 is 2.71 bits per heavy atom. The predicted molar refractivity (Wildman–Crippen MR) is 121 cm³/mol. The highest BCUT2D eigenvalue weighted by Gasteiger charge is 2.25. The maximum atomic E-state index is 11.8. The van der Waals surface area contributed by atoms with Crippen LogP contribution in [0.25, 0.3) is 11.1 Å². The molecule has 7 nitrogen and oxygen atoms in total. The molecule has 158 valence electrons. The minimum atomic E-state index is -0.0826. The van der Waals surface area contributed by atoms with Gasteiger partial charge in [0.15, 0.2) is 0 Å². The van der Waals surface area contributed by atoms with Crippen molar-refractivity contribution in [1.29, 1.82) is 5.41 Å². The van der Waals surface area contributed by atoms with Crippen LogP contribution in [0.5, 0.6) is 0 Å². The highest BCUT2D eigenvalue weighted by atomic mass is 16.1. The number of hydrogen-bond donors (Lipinski definition) is 2.